The van der Waals surface area contributed by atoms with Gasteiger partial charge in [-0.3, -0.25) is 4.79 Å². The van der Waals surface area contributed by atoms with Crippen molar-refractivity contribution in [2.75, 3.05) is 13.7 Å². The van der Waals surface area contributed by atoms with E-state index in [4.69, 9.17) is 14.2 Å². The molecular formula is C17H26O4. The zero-order valence-corrected chi connectivity index (χ0v) is 13.4. The summed E-state index contributed by atoms with van der Waals surface area (Å²) in [6.07, 6.45) is 6.76. The number of rotatable bonds is 6. The molecule has 1 aliphatic heterocycles. The van der Waals surface area contributed by atoms with Gasteiger partial charge >= 0.3 is 0 Å². The maximum Gasteiger partial charge on any atom is 0.293 e. The van der Waals surface area contributed by atoms with Gasteiger partial charge in [0.05, 0.1) is 6.61 Å². The van der Waals surface area contributed by atoms with Gasteiger partial charge in [-0.2, -0.15) is 0 Å². The predicted molar refractivity (Wildman–Crippen MR) is 80.9 cm³/mol. The van der Waals surface area contributed by atoms with Crippen molar-refractivity contribution in [2.24, 2.45) is 5.92 Å². The first-order chi connectivity index (χ1) is 10.0. The van der Waals surface area contributed by atoms with Crippen LogP contribution in [0.5, 0.6) is 0 Å². The lowest BCUT2D eigenvalue weighted by Crippen LogP contribution is -2.49. The molecule has 2 fully saturated rings. The molecule has 0 radical (unpaired) electrons. The fraction of sp³-hybridized carbons (Fsp3) is 0.706. The lowest BCUT2D eigenvalue weighted by atomic mass is 9.72. The Morgan fingerprint density at radius 3 is 2.57 bits per heavy atom. The number of epoxide rings is 1. The Morgan fingerprint density at radius 1 is 1.33 bits per heavy atom. The average Bonchev–Trinajstić information content (AvgIpc) is 3.20. The van der Waals surface area contributed by atoms with Crippen LogP contribution in [0.15, 0.2) is 23.3 Å². The van der Waals surface area contributed by atoms with Crippen LogP contribution in [0, 0.1) is 5.92 Å². The third-order valence-corrected chi connectivity index (χ3v) is 4.59. The van der Waals surface area contributed by atoms with E-state index in [1.54, 1.807) is 7.11 Å². The minimum absolute atomic E-state index is 0.102. The van der Waals surface area contributed by atoms with Crippen molar-refractivity contribution in [3.63, 3.8) is 0 Å². The number of hydrogen-bond donors (Lipinski definition) is 0. The topological polar surface area (TPSA) is 48.1 Å². The van der Waals surface area contributed by atoms with Crippen molar-refractivity contribution in [1.29, 1.82) is 0 Å². The van der Waals surface area contributed by atoms with Gasteiger partial charge in [0.15, 0.2) is 0 Å². The Labute approximate surface area is 127 Å². The van der Waals surface area contributed by atoms with Gasteiger partial charge in [-0.05, 0) is 40.0 Å². The molecule has 4 heteroatoms. The summed E-state index contributed by atoms with van der Waals surface area (Å²) >= 11 is 0. The average molecular weight is 294 g/mol. The predicted octanol–water partition coefficient (Wildman–Crippen LogP) is 3.02. The van der Waals surface area contributed by atoms with Gasteiger partial charge in [-0.15, -0.1) is 0 Å². The Morgan fingerprint density at radius 2 is 2.05 bits per heavy atom. The minimum Gasteiger partial charge on any atom is -0.462 e. The van der Waals surface area contributed by atoms with E-state index in [9.17, 15) is 4.79 Å². The molecular weight excluding hydrogens is 268 g/mol. The Bertz CT molecular complexity index is 430. The molecule has 0 aromatic rings. The third-order valence-electron chi connectivity index (χ3n) is 4.59. The lowest BCUT2D eigenvalue weighted by molar-refractivity contribution is -0.150. The standard InChI is InChI=1S/C17H26O4/c1-12(2)6-5-7-13(3)15-16(19-4)14(20-11-18)8-9-17(15)10-21-17/h6-7,11,14-16H,5,8-10H2,1-4H3/b13-7+/t14?,15?,16?,17-/m0/s1. The maximum absolute atomic E-state index is 10.7. The van der Waals surface area contributed by atoms with Crippen LogP contribution in [-0.2, 0) is 19.0 Å². The number of ether oxygens (including phenoxy) is 3. The minimum atomic E-state index is -0.181. The van der Waals surface area contributed by atoms with E-state index in [1.807, 2.05) is 0 Å². The number of carbonyl (C=O) groups excluding carboxylic acids is 1. The fourth-order valence-electron chi connectivity index (χ4n) is 3.42. The highest BCUT2D eigenvalue weighted by Crippen LogP contribution is 2.50. The molecule has 0 bridgehead atoms. The molecule has 0 aromatic heterocycles. The summed E-state index contributed by atoms with van der Waals surface area (Å²) in [4.78, 5) is 10.7. The van der Waals surface area contributed by atoms with Crippen LogP contribution in [0.3, 0.4) is 0 Å². The molecule has 1 saturated heterocycles. The molecule has 21 heavy (non-hydrogen) atoms. The third kappa shape index (κ3) is 3.55. The van der Waals surface area contributed by atoms with Gasteiger partial charge in [0.25, 0.3) is 6.47 Å². The summed E-state index contributed by atoms with van der Waals surface area (Å²) in [7, 11) is 1.68. The van der Waals surface area contributed by atoms with Crippen LogP contribution in [0.1, 0.15) is 40.0 Å². The van der Waals surface area contributed by atoms with Crippen LogP contribution in [-0.4, -0.2) is 38.0 Å². The first kappa shape index (κ1) is 16.2. The van der Waals surface area contributed by atoms with Crippen LogP contribution < -0.4 is 0 Å². The maximum atomic E-state index is 10.7. The second-order valence-corrected chi connectivity index (χ2v) is 6.31. The highest BCUT2D eigenvalue weighted by Gasteiger charge is 2.59. The zero-order valence-electron chi connectivity index (χ0n) is 13.4. The summed E-state index contributed by atoms with van der Waals surface area (Å²) in [6, 6.07) is 0. The molecule has 3 unspecified atom stereocenters. The summed E-state index contributed by atoms with van der Waals surface area (Å²) in [5.74, 6) is 0.159. The van der Waals surface area contributed by atoms with Crippen molar-refractivity contribution in [1.82, 2.24) is 0 Å². The second-order valence-electron chi connectivity index (χ2n) is 6.31. The van der Waals surface area contributed by atoms with Crippen LogP contribution >= 0.6 is 0 Å². The van der Waals surface area contributed by atoms with E-state index >= 15 is 0 Å². The van der Waals surface area contributed by atoms with Gasteiger partial charge in [0.1, 0.15) is 17.8 Å². The van der Waals surface area contributed by atoms with Crippen molar-refractivity contribution in [2.45, 2.75) is 57.8 Å². The van der Waals surface area contributed by atoms with Gasteiger partial charge in [0, 0.05) is 13.0 Å². The summed E-state index contributed by atoms with van der Waals surface area (Å²) in [5, 5.41) is 0. The normalized spacial score (nSPS) is 35.4. The summed E-state index contributed by atoms with van der Waals surface area (Å²) in [6.45, 7) is 7.63. The summed E-state index contributed by atoms with van der Waals surface area (Å²) in [5.41, 5.74) is 2.47. The smallest absolute Gasteiger partial charge is 0.293 e. The SMILES string of the molecule is COC1C(OC=O)CC[C@]2(CO2)C1/C(C)=C/CC=C(C)C. The monoisotopic (exact) mass is 294 g/mol. The van der Waals surface area contributed by atoms with Crippen molar-refractivity contribution in [3.05, 3.63) is 23.3 Å². The van der Waals surface area contributed by atoms with Gasteiger partial charge in [0.2, 0.25) is 0 Å². The van der Waals surface area contributed by atoms with E-state index in [2.05, 4.69) is 32.9 Å². The molecule has 1 spiro atoms. The quantitative estimate of drug-likeness (QED) is 0.429. The number of carbonyl (C=O) groups is 1. The van der Waals surface area contributed by atoms with E-state index in [0.29, 0.717) is 6.47 Å². The highest BCUT2D eigenvalue weighted by atomic mass is 16.6. The molecule has 1 heterocycles. The van der Waals surface area contributed by atoms with E-state index in [1.165, 1.54) is 11.1 Å². The molecule has 2 rings (SSSR count). The molecule has 0 N–H and O–H groups in total. The number of methoxy groups -OCH3 is 1. The second kappa shape index (κ2) is 6.75. The Kier molecular flexibility index (Phi) is 5.22. The molecule has 4 atom stereocenters. The molecule has 1 aliphatic carbocycles. The molecule has 0 aromatic carbocycles. The summed E-state index contributed by atoms with van der Waals surface area (Å²) < 4.78 is 16.7. The molecule has 0 amide bonds. The van der Waals surface area contributed by atoms with Crippen LogP contribution in [0.4, 0.5) is 0 Å². The Balaban J connectivity index is 2.18. The zero-order chi connectivity index (χ0) is 15.5. The largest absolute Gasteiger partial charge is 0.462 e. The van der Waals surface area contributed by atoms with Gasteiger partial charge in [-0.25, -0.2) is 0 Å². The van der Waals surface area contributed by atoms with E-state index in [0.717, 1.165) is 25.9 Å². The van der Waals surface area contributed by atoms with Gasteiger partial charge in [-0.1, -0.05) is 23.3 Å². The molecule has 1 saturated carbocycles. The van der Waals surface area contributed by atoms with Crippen molar-refractivity contribution < 1.29 is 19.0 Å². The van der Waals surface area contributed by atoms with Crippen LogP contribution in [0.25, 0.3) is 0 Å². The fourth-order valence-corrected chi connectivity index (χ4v) is 3.42. The van der Waals surface area contributed by atoms with E-state index in [-0.39, 0.29) is 23.7 Å². The Hall–Kier alpha value is -1.13. The first-order valence-electron chi connectivity index (χ1n) is 7.60. The number of allylic oxidation sites excluding steroid dienone is 3. The van der Waals surface area contributed by atoms with Crippen LogP contribution in [0.2, 0.25) is 0 Å². The van der Waals surface area contributed by atoms with Gasteiger partial charge < -0.3 is 14.2 Å². The molecule has 4 nitrogen and oxygen atoms in total. The van der Waals surface area contributed by atoms with Crippen molar-refractivity contribution in [3.8, 4) is 0 Å². The van der Waals surface area contributed by atoms with Crippen molar-refractivity contribution >= 4 is 6.47 Å². The molecule has 118 valence electrons. The molecule has 2 aliphatic rings. The lowest BCUT2D eigenvalue weighted by Gasteiger charge is -2.40. The number of hydrogen-bond acceptors (Lipinski definition) is 4. The van der Waals surface area contributed by atoms with E-state index < -0.39 is 0 Å². The first-order valence-corrected chi connectivity index (χ1v) is 7.60. The highest BCUT2D eigenvalue weighted by molar-refractivity contribution is 5.38.